The van der Waals surface area contributed by atoms with Crippen LogP contribution in [0.1, 0.15) is 5.56 Å². The summed E-state index contributed by atoms with van der Waals surface area (Å²) in [6.45, 7) is 0. The van der Waals surface area contributed by atoms with Crippen molar-refractivity contribution in [2.24, 2.45) is 0 Å². The first-order chi connectivity index (χ1) is 12.8. The zero-order chi connectivity index (χ0) is 20.0. The number of nitrogens with zero attached hydrogens (tertiary/aromatic N) is 2. The van der Waals surface area contributed by atoms with Gasteiger partial charge >= 0.3 is 15.1 Å². The summed E-state index contributed by atoms with van der Waals surface area (Å²) in [7, 11) is -0.560. The number of ether oxygens (including phenoxy) is 1. The first-order valence-corrected chi connectivity index (χ1v) is 9.76. The molecule has 0 saturated carbocycles. The van der Waals surface area contributed by atoms with Crippen LogP contribution in [0.4, 0.5) is 0 Å². The van der Waals surface area contributed by atoms with Gasteiger partial charge in [-0.15, -0.1) is 0 Å². The van der Waals surface area contributed by atoms with E-state index in [1.54, 1.807) is 0 Å². The van der Waals surface area contributed by atoms with Crippen LogP contribution in [0.2, 0.25) is 0 Å². The van der Waals surface area contributed by atoms with Crippen LogP contribution < -0.4 is 0 Å². The van der Waals surface area contributed by atoms with Gasteiger partial charge in [0, 0.05) is 26.6 Å². The van der Waals surface area contributed by atoms with E-state index in [1.165, 1.54) is 33.4 Å². The van der Waals surface area contributed by atoms with Gasteiger partial charge in [-0.1, -0.05) is 30.3 Å². The van der Waals surface area contributed by atoms with E-state index < -0.39 is 20.0 Å². The maximum absolute atomic E-state index is 12.4. The van der Waals surface area contributed by atoms with Gasteiger partial charge in [0.25, 0.3) is 0 Å². The fourth-order valence-corrected chi connectivity index (χ4v) is 3.57. The minimum Gasteiger partial charge on any atom is -0.452 e. The molecule has 1 heterocycles. The molecule has 9 nitrogen and oxygen atoms in total. The van der Waals surface area contributed by atoms with Crippen molar-refractivity contribution in [3.63, 3.8) is 0 Å². The number of hydrogen-bond acceptors (Lipinski definition) is 8. The van der Waals surface area contributed by atoms with Gasteiger partial charge in [-0.05, 0) is 11.6 Å². The Bertz CT molecular complexity index is 891. The molecular formula is C16H18N2O7S2. The lowest BCUT2D eigenvalue weighted by Crippen LogP contribution is -2.28. The van der Waals surface area contributed by atoms with E-state index in [0.717, 1.165) is 9.87 Å². The summed E-state index contributed by atoms with van der Waals surface area (Å²) >= 11 is 0.674. The second-order valence-electron chi connectivity index (χ2n) is 5.46. The highest BCUT2D eigenvalue weighted by atomic mass is 32.2. The van der Waals surface area contributed by atoms with Crippen molar-refractivity contribution >= 4 is 22.1 Å². The van der Waals surface area contributed by atoms with E-state index in [2.05, 4.69) is 4.89 Å². The van der Waals surface area contributed by atoms with Gasteiger partial charge in [0.2, 0.25) is 0 Å². The van der Waals surface area contributed by atoms with Gasteiger partial charge in [0.05, 0.1) is 17.6 Å². The monoisotopic (exact) mass is 414 g/mol. The van der Waals surface area contributed by atoms with Crippen molar-refractivity contribution in [1.82, 2.24) is 4.31 Å². The van der Waals surface area contributed by atoms with Crippen LogP contribution in [-0.2, 0) is 30.4 Å². The molecule has 1 aromatic carbocycles. The van der Waals surface area contributed by atoms with E-state index in [4.69, 9.17) is 9.07 Å². The van der Waals surface area contributed by atoms with Crippen LogP contribution in [0.15, 0.2) is 63.9 Å². The summed E-state index contributed by atoms with van der Waals surface area (Å²) < 4.78 is 36.0. The topological polar surface area (TPSA) is 108 Å². The Kier molecular flexibility index (Phi) is 7.16. The first kappa shape index (κ1) is 21.1. The minimum atomic E-state index is -4.29. The number of nitro groups is 1. The Labute approximate surface area is 161 Å². The predicted octanol–water partition coefficient (Wildman–Crippen LogP) is 2.59. The number of sulfonamides is 1. The molecule has 1 aliphatic heterocycles. The third kappa shape index (κ3) is 5.40. The van der Waals surface area contributed by atoms with Crippen LogP contribution in [0.25, 0.3) is 0 Å². The quantitative estimate of drug-likeness (QED) is 0.276. The summed E-state index contributed by atoms with van der Waals surface area (Å²) in [6.07, 6.45) is 2.86. The van der Waals surface area contributed by atoms with Crippen LogP contribution in [0.3, 0.4) is 0 Å². The van der Waals surface area contributed by atoms with Crippen LogP contribution >= 0.6 is 12.0 Å². The highest BCUT2D eigenvalue weighted by molar-refractivity contribution is 7.98. The average Bonchev–Trinajstić information content (AvgIpc) is 2.60. The second kappa shape index (κ2) is 9.15. The molecule has 0 fully saturated rings. The summed E-state index contributed by atoms with van der Waals surface area (Å²) in [6, 6.07) is 9.25. The molecule has 0 spiro atoms. The highest BCUT2D eigenvalue weighted by Crippen LogP contribution is 2.32. The van der Waals surface area contributed by atoms with Gasteiger partial charge in [-0.2, -0.15) is 8.64 Å². The van der Waals surface area contributed by atoms with Crippen molar-refractivity contribution in [3.8, 4) is 0 Å². The van der Waals surface area contributed by atoms with Crippen LogP contribution in [0, 0.1) is 10.1 Å². The second-order valence-corrected chi connectivity index (χ2v) is 8.23. The van der Waals surface area contributed by atoms with E-state index in [-0.39, 0.29) is 10.7 Å². The van der Waals surface area contributed by atoms with Gasteiger partial charge in [-0.25, -0.2) is 13.3 Å². The fourth-order valence-electron chi connectivity index (χ4n) is 2.17. The van der Waals surface area contributed by atoms with E-state index in [9.17, 15) is 18.5 Å². The predicted molar refractivity (Wildman–Crippen MR) is 99.7 cm³/mol. The summed E-state index contributed by atoms with van der Waals surface area (Å²) in [5.74, 6) is 0.328. The third-order valence-corrected chi connectivity index (χ3v) is 5.77. The van der Waals surface area contributed by atoms with E-state index in [1.807, 2.05) is 30.3 Å². The number of rotatable bonds is 8. The van der Waals surface area contributed by atoms with Gasteiger partial charge in [-0.3, -0.25) is 10.1 Å². The molecule has 1 aromatic rings. The number of hydrogen-bond donors (Lipinski definition) is 0. The van der Waals surface area contributed by atoms with Crippen molar-refractivity contribution < 1.29 is 27.3 Å². The lowest BCUT2D eigenvalue weighted by molar-refractivity contribution is -0.412. The third-order valence-electron chi connectivity index (χ3n) is 3.36. The normalized spacial score (nSPS) is 16.4. The van der Waals surface area contributed by atoms with Crippen LogP contribution in [-0.4, -0.2) is 38.9 Å². The molecule has 11 heteroatoms. The maximum Gasteiger partial charge on any atom is 0.381 e. The van der Waals surface area contributed by atoms with Crippen molar-refractivity contribution in [2.75, 3.05) is 21.2 Å². The Morgan fingerprint density at radius 2 is 1.93 bits per heavy atom. The summed E-state index contributed by atoms with van der Waals surface area (Å²) in [4.78, 5) is 15.1. The first-order valence-electron chi connectivity index (χ1n) is 7.58. The molecule has 2 rings (SSSR count). The summed E-state index contributed by atoms with van der Waals surface area (Å²) in [5.41, 5.74) is 0.771. The van der Waals surface area contributed by atoms with E-state index in [0.29, 0.717) is 24.2 Å². The van der Waals surface area contributed by atoms with Crippen LogP contribution in [0.5, 0.6) is 0 Å². The number of allylic oxidation sites excluding steroid dienone is 4. The fraction of sp³-hybridized carbons (Fsp3) is 0.250. The lowest BCUT2D eigenvalue weighted by Gasteiger charge is -2.18. The molecule has 0 saturated heterocycles. The lowest BCUT2D eigenvalue weighted by atomic mass is 10.1. The zero-order valence-electron chi connectivity index (χ0n) is 14.8. The molecular weight excluding hydrogens is 396 g/mol. The van der Waals surface area contributed by atoms with Gasteiger partial charge in [0.1, 0.15) is 17.8 Å². The van der Waals surface area contributed by atoms with E-state index >= 15 is 0 Å². The Hall–Kier alpha value is -2.18. The molecule has 0 radical (unpaired) electrons. The maximum atomic E-state index is 12.4. The molecule has 27 heavy (non-hydrogen) atoms. The van der Waals surface area contributed by atoms with Gasteiger partial charge in [0.15, 0.2) is 5.09 Å². The SMILES string of the molecule is COOSC1=C/C(=C(/[N+](=O)[O-])S(=O)(=O)N(C)C)C=C(Cc2ccccc2)O1. The summed E-state index contributed by atoms with van der Waals surface area (Å²) in [5, 5.41) is 10.7. The van der Waals surface area contributed by atoms with Crippen molar-refractivity contribution in [3.05, 3.63) is 79.6 Å². The van der Waals surface area contributed by atoms with Crippen molar-refractivity contribution in [1.29, 1.82) is 0 Å². The molecule has 0 atom stereocenters. The Morgan fingerprint density at radius 3 is 2.48 bits per heavy atom. The largest absolute Gasteiger partial charge is 0.452 e. The molecule has 146 valence electrons. The average molecular weight is 414 g/mol. The van der Waals surface area contributed by atoms with Crippen molar-refractivity contribution in [2.45, 2.75) is 6.42 Å². The standard InChI is InChI=1S/C16H18N2O7S2/c1-17(2)27(21,22)16(18(19)20)13-10-14(9-12-7-5-4-6-8-12)24-15(11-13)26-25-23-3/h4-8,10-11H,9H2,1-3H3/b16-13-. The smallest absolute Gasteiger partial charge is 0.381 e. The number of benzene rings is 1. The molecule has 0 N–H and O–H groups in total. The Balaban J connectivity index is 2.54. The van der Waals surface area contributed by atoms with Gasteiger partial charge < -0.3 is 4.74 Å². The molecule has 0 unspecified atom stereocenters. The highest BCUT2D eigenvalue weighted by Gasteiger charge is 2.36. The molecule has 0 bridgehead atoms. The zero-order valence-corrected chi connectivity index (χ0v) is 16.5. The Morgan fingerprint density at radius 1 is 1.26 bits per heavy atom. The molecule has 1 aliphatic rings. The molecule has 0 aliphatic carbocycles. The molecule has 0 amide bonds. The molecule has 0 aromatic heterocycles. The minimum absolute atomic E-state index is 0.105.